The van der Waals surface area contributed by atoms with Crippen LogP contribution < -0.4 is 10.6 Å². The first-order valence-electron chi connectivity index (χ1n) is 5.88. The van der Waals surface area contributed by atoms with Gasteiger partial charge in [-0.1, -0.05) is 31.0 Å². The van der Waals surface area contributed by atoms with Crippen LogP contribution in [-0.4, -0.2) is 25.5 Å². The van der Waals surface area contributed by atoms with E-state index in [2.05, 4.69) is 29.4 Å². The lowest BCUT2D eigenvalue weighted by Gasteiger charge is -2.02. The average molecular weight is 230 g/mol. The molecule has 0 aliphatic rings. The number of carbonyl (C=O) groups excluding carboxylic acids is 1. The van der Waals surface area contributed by atoms with Crippen LogP contribution in [0.2, 0.25) is 0 Å². The molecule has 1 amide bonds. The fourth-order valence-corrected chi connectivity index (χ4v) is 1.26. The number of nitrogens with one attached hydrogen (secondary N) is 2. The summed E-state index contributed by atoms with van der Waals surface area (Å²) >= 11 is 0. The Balaban J connectivity index is 2.24. The summed E-state index contributed by atoms with van der Waals surface area (Å²) in [5.74, 6) is 5.15. The Morgan fingerprint density at radius 1 is 1.18 bits per heavy atom. The molecule has 2 N–H and O–H groups in total. The molecular weight excluding hydrogens is 212 g/mol. The first-order valence-corrected chi connectivity index (χ1v) is 5.88. The van der Waals surface area contributed by atoms with Gasteiger partial charge in [-0.25, -0.2) is 0 Å². The summed E-state index contributed by atoms with van der Waals surface area (Å²) < 4.78 is 0. The van der Waals surface area contributed by atoms with Crippen LogP contribution in [-0.2, 0) is 4.79 Å². The van der Waals surface area contributed by atoms with Crippen molar-refractivity contribution in [3.05, 3.63) is 35.9 Å². The summed E-state index contributed by atoms with van der Waals surface area (Å²) in [6.07, 6.45) is 1.10. The topological polar surface area (TPSA) is 41.1 Å². The SMILES string of the molecule is CCCNCCNC(=O)C#Cc1ccccc1. The Bertz CT molecular complexity index is 390. The molecule has 1 aromatic carbocycles. The smallest absolute Gasteiger partial charge is 0.296 e. The molecule has 0 bridgehead atoms. The molecule has 0 saturated heterocycles. The zero-order valence-corrected chi connectivity index (χ0v) is 10.1. The van der Waals surface area contributed by atoms with E-state index in [1.54, 1.807) is 0 Å². The van der Waals surface area contributed by atoms with Gasteiger partial charge in [0.25, 0.3) is 5.91 Å². The minimum Gasteiger partial charge on any atom is -0.344 e. The second kappa shape index (κ2) is 8.37. The zero-order valence-electron chi connectivity index (χ0n) is 10.1. The highest BCUT2D eigenvalue weighted by Gasteiger charge is 1.93. The normalized spacial score (nSPS) is 9.24. The third kappa shape index (κ3) is 6.39. The van der Waals surface area contributed by atoms with Gasteiger partial charge in [0.05, 0.1) is 0 Å². The van der Waals surface area contributed by atoms with Crippen LogP contribution in [0.1, 0.15) is 18.9 Å². The number of hydrogen-bond donors (Lipinski definition) is 2. The molecule has 1 rings (SSSR count). The van der Waals surface area contributed by atoms with Crippen molar-refractivity contribution in [2.75, 3.05) is 19.6 Å². The minimum absolute atomic E-state index is 0.229. The molecule has 0 radical (unpaired) electrons. The molecule has 0 aliphatic carbocycles. The van der Waals surface area contributed by atoms with Crippen molar-refractivity contribution in [2.24, 2.45) is 0 Å². The van der Waals surface area contributed by atoms with Crippen LogP contribution >= 0.6 is 0 Å². The van der Waals surface area contributed by atoms with Gasteiger partial charge in [0, 0.05) is 24.6 Å². The summed E-state index contributed by atoms with van der Waals surface area (Å²) in [6, 6.07) is 9.48. The number of amides is 1. The van der Waals surface area contributed by atoms with E-state index in [9.17, 15) is 4.79 Å². The third-order valence-electron chi connectivity index (χ3n) is 2.11. The van der Waals surface area contributed by atoms with E-state index in [4.69, 9.17) is 0 Å². The number of benzene rings is 1. The molecule has 0 spiro atoms. The summed E-state index contributed by atoms with van der Waals surface area (Å²) in [7, 11) is 0. The first kappa shape index (κ1) is 13.3. The maximum absolute atomic E-state index is 11.3. The van der Waals surface area contributed by atoms with E-state index in [0.29, 0.717) is 6.54 Å². The molecule has 17 heavy (non-hydrogen) atoms. The fraction of sp³-hybridized carbons (Fsp3) is 0.357. The molecule has 0 aromatic heterocycles. The fourth-order valence-electron chi connectivity index (χ4n) is 1.26. The highest BCUT2D eigenvalue weighted by molar-refractivity contribution is 5.94. The van der Waals surface area contributed by atoms with Gasteiger partial charge >= 0.3 is 0 Å². The van der Waals surface area contributed by atoms with E-state index >= 15 is 0 Å². The lowest BCUT2D eigenvalue weighted by atomic mass is 10.2. The number of hydrogen-bond acceptors (Lipinski definition) is 2. The molecule has 0 heterocycles. The van der Waals surface area contributed by atoms with Crippen molar-refractivity contribution in [3.63, 3.8) is 0 Å². The van der Waals surface area contributed by atoms with E-state index in [0.717, 1.165) is 25.1 Å². The Hall–Kier alpha value is -1.79. The molecule has 3 nitrogen and oxygen atoms in total. The molecule has 0 aliphatic heterocycles. The van der Waals surface area contributed by atoms with Gasteiger partial charge in [-0.2, -0.15) is 0 Å². The maximum Gasteiger partial charge on any atom is 0.296 e. The van der Waals surface area contributed by atoms with Gasteiger partial charge in [-0.3, -0.25) is 4.79 Å². The Morgan fingerprint density at radius 2 is 1.94 bits per heavy atom. The molecule has 0 atom stereocenters. The van der Waals surface area contributed by atoms with Crippen LogP contribution in [0.4, 0.5) is 0 Å². The average Bonchev–Trinajstić information content (AvgIpc) is 2.37. The molecule has 3 heteroatoms. The Morgan fingerprint density at radius 3 is 2.65 bits per heavy atom. The van der Waals surface area contributed by atoms with E-state index in [1.165, 1.54) is 0 Å². The predicted octanol–water partition coefficient (Wildman–Crippen LogP) is 1.15. The van der Waals surface area contributed by atoms with Crippen molar-refractivity contribution < 1.29 is 4.79 Å². The van der Waals surface area contributed by atoms with E-state index in [1.807, 2.05) is 30.3 Å². The monoisotopic (exact) mass is 230 g/mol. The van der Waals surface area contributed by atoms with Gasteiger partial charge in [-0.05, 0) is 25.1 Å². The van der Waals surface area contributed by atoms with E-state index < -0.39 is 0 Å². The minimum atomic E-state index is -0.229. The van der Waals surface area contributed by atoms with Crippen LogP contribution in [0.15, 0.2) is 30.3 Å². The maximum atomic E-state index is 11.3. The lowest BCUT2D eigenvalue weighted by molar-refractivity contribution is -0.115. The number of rotatable bonds is 5. The third-order valence-corrected chi connectivity index (χ3v) is 2.11. The van der Waals surface area contributed by atoms with Crippen molar-refractivity contribution in [1.82, 2.24) is 10.6 Å². The highest BCUT2D eigenvalue weighted by atomic mass is 16.1. The second-order valence-electron chi connectivity index (χ2n) is 3.62. The largest absolute Gasteiger partial charge is 0.344 e. The molecule has 90 valence electrons. The predicted molar refractivity (Wildman–Crippen MR) is 69.5 cm³/mol. The van der Waals surface area contributed by atoms with Crippen molar-refractivity contribution in [3.8, 4) is 11.8 Å². The van der Waals surface area contributed by atoms with Crippen LogP contribution in [0.25, 0.3) is 0 Å². The summed E-state index contributed by atoms with van der Waals surface area (Å²) in [4.78, 5) is 11.3. The zero-order chi connectivity index (χ0) is 12.3. The van der Waals surface area contributed by atoms with E-state index in [-0.39, 0.29) is 5.91 Å². The van der Waals surface area contributed by atoms with Crippen molar-refractivity contribution in [1.29, 1.82) is 0 Å². The molecule has 0 unspecified atom stereocenters. The van der Waals surface area contributed by atoms with Gasteiger partial charge in [0.1, 0.15) is 0 Å². The first-order chi connectivity index (χ1) is 8.33. The van der Waals surface area contributed by atoms with Crippen LogP contribution in [0.5, 0.6) is 0 Å². The van der Waals surface area contributed by atoms with Crippen molar-refractivity contribution in [2.45, 2.75) is 13.3 Å². The Kier molecular flexibility index (Phi) is 6.54. The van der Waals surface area contributed by atoms with Crippen LogP contribution in [0.3, 0.4) is 0 Å². The molecule has 0 fully saturated rings. The standard InChI is InChI=1S/C14H18N2O/c1-2-10-15-11-12-16-14(17)9-8-13-6-4-3-5-7-13/h3-7,15H,2,10-12H2,1H3,(H,16,17). The summed E-state index contributed by atoms with van der Waals surface area (Å²) in [6.45, 7) is 4.48. The summed E-state index contributed by atoms with van der Waals surface area (Å²) in [5, 5.41) is 5.94. The molecule has 0 saturated carbocycles. The van der Waals surface area contributed by atoms with Gasteiger partial charge < -0.3 is 10.6 Å². The van der Waals surface area contributed by atoms with Gasteiger partial charge in [-0.15, -0.1) is 0 Å². The molecular formula is C14H18N2O. The van der Waals surface area contributed by atoms with Crippen molar-refractivity contribution >= 4 is 5.91 Å². The second-order valence-corrected chi connectivity index (χ2v) is 3.62. The number of carbonyl (C=O) groups is 1. The Labute approximate surface area is 103 Å². The van der Waals surface area contributed by atoms with Gasteiger partial charge in [0.2, 0.25) is 0 Å². The van der Waals surface area contributed by atoms with Gasteiger partial charge in [0.15, 0.2) is 0 Å². The lowest BCUT2D eigenvalue weighted by Crippen LogP contribution is -2.31. The quantitative estimate of drug-likeness (QED) is 0.588. The highest BCUT2D eigenvalue weighted by Crippen LogP contribution is 1.94. The molecule has 1 aromatic rings. The summed E-state index contributed by atoms with van der Waals surface area (Å²) in [5.41, 5.74) is 0.853. The van der Waals surface area contributed by atoms with Crippen LogP contribution in [0, 0.1) is 11.8 Å².